The summed E-state index contributed by atoms with van der Waals surface area (Å²) in [5.41, 5.74) is 0.467. The van der Waals surface area contributed by atoms with E-state index in [1.165, 1.54) is 20.1 Å². The largest absolute Gasteiger partial charge is 0.495 e. The molecule has 0 heterocycles. The van der Waals surface area contributed by atoms with E-state index in [2.05, 4.69) is 0 Å². The van der Waals surface area contributed by atoms with Gasteiger partial charge in [0.25, 0.3) is 0 Å². The predicted molar refractivity (Wildman–Crippen MR) is 55.3 cm³/mol. The van der Waals surface area contributed by atoms with Crippen LogP contribution in [-0.4, -0.2) is 17.1 Å². The molecule has 0 saturated heterocycles. The Morgan fingerprint density at radius 1 is 1.50 bits per heavy atom. The van der Waals surface area contributed by atoms with Crippen LogP contribution in [0.1, 0.15) is 17.3 Å². The molecule has 1 aromatic carbocycles. The maximum absolute atomic E-state index is 11.1. The van der Waals surface area contributed by atoms with E-state index < -0.39 is 10.0 Å². The van der Waals surface area contributed by atoms with Crippen molar-refractivity contribution in [2.24, 2.45) is 0 Å². The molecule has 0 fully saturated rings. The van der Waals surface area contributed by atoms with Crippen LogP contribution >= 0.6 is 10.7 Å². The van der Waals surface area contributed by atoms with E-state index in [4.69, 9.17) is 15.4 Å². The fourth-order valence-electron chi connectivity index (χ4n) is 1.02. The number of benzene rings is 1. The summed E-state index contributed by atoms with van der Waals surface area (Å²) in [6.07, 6.45) is 0. The standard InChI is InChI=1S/C9H9ClO3S/c1-6(11)7-3-4-8(13-2)9(5-7)14(10)12/h3-5H,1-2H3. The van der Waals surface area contributed by atoms with Gasteiger partial charge >= 0.3 is 0 Å². The topological polar surface area (TPSA) is 43.4 Å². The lowest BCUT2D eigenvalue weighted by Gasteiger charge is -2.05. The number of ether oxygens (including phenoxy) is 1. The summed E-state index contributed by atoms with van der Waals surface area (Å²) in [7, 11) is 5.23. The monoisotopic (exact) mass is 232 g/mol. The number of Topliss-reactive ketones (excluding diaryl/α,β-unsaturated/α-hetero) is 1. The molecular formula is C9H9ClO3S. The molecule has 76 valence electrons. The van der Waals surface area contributed by atoms with Crippen molar-refractivity contribution in [2.45, 2.75) is 11.8 Å². The fourth-order valence-corrected chi connectivity index (χ4v) is 1.91. The molecule has 14 heavy (non-hydrogen) atoms. The normalized spacial score (nSPS) is 12.2. The van der Waals surface area contributed by atoms with E-state index in [0.717, 1.165) is 0 Å². The number of rotatable bonds is 3. The second-order valence-corrected chi connectivity index (χ2v) is 4.37. The zero-order valence-electron chi connectivity index (χ0n) is 7.74. The van der Waals surface area contributed by atoms with Gasteiger partial charge < -0.3 is 4.74 Å². The van der Waals surface area contributed by atoms with Gasteiger partial charge in [0.1, 0.15) is 5.75 Å². The highest BCUT2D eigenvalue weighted by Gasteiger charge is 2.11. The molecule has 0 bridgehead atoms. The lowest BCUT2D eigenvalue weighted by Crippen LogP contribution is -1.96. The third kappa shape index (κ3) is 2.33. The van der Waals surface area contributed by atoms with Gasteiger partial charge in [-0.15, -0.1) is 0 Å². The molecule has 0 aliphatic heterocycles. The number of halogens is 1. The zero-order valence-corrected chi connectivity index (χ0v) is 9.32. The van der Waals surface area contributed by atoms with Crippen molar-refractivity contribution in [1.29, 1.82) is 0 Å². The van der Waals surface area contributed by atoms with Crippen molar-refractivity contribution in [2.75, 3.05) is 7.11 Å². The van der Waals surface area contributed by atoms with Crippen LogP contribution < -0.4 is 4.74 Å². The van der Waals surface area contributed by atoms with E-state index in [-0.39, 0.29) is 5.78 Å². The van der Waals surface area contributed by atoms with Gasteiger partial charge in [0, 0.05) is 5.56 Å². The van der Waals surface area contributed by atoms with Gasteiger partial charge in [0.15, 0.2) is 15.8 Å². The Labute approximate surface area is 89.0 Å². The third-order valence-corrected chi connectivity index (χ3v) is 2.91. The van der Waals surface area contributed by atoms with E-state index >= 15 is 0 Å². The molecule has 5 heteroatoms. The summed E-state index contributed by atoms with van der Waals surface area (Å²) in [6, 6.07) is 4.66. The number of carbonyl (C=O) groups is 1. The average Bonchev–Trinajstić information content (AvgIpc) is 2.16. The molecule has 1 unspecified atom stereocenters. The van der Waals surface area contributed by atoms with Crippen molar-refractivity contribution in [3.63, 3.8) is 0 Å². The maximum Gasteiger partial charge on any atom is 0.159 e. The van der Waals surface area contributed by atoms with Crippen molar-refractivity contribution in [1.82, 2.24) is 0 Å². The van der Waals surface area contributed by atoms with E-state index in [1.807, 2.05) is 0 Å². The molecule has 0 N–H and O–H groups in total. The fraction of sp³-hybridized carbons (Fsp3) is 0.222. The SMILES string of the molecule is COc1ccc(C(C)=O)cc1S(=O)Cl. The van der Waals surface area contributed by atoms with Gasteiger partial charge in [-0.25, -0.2) is 4.21 Å². The second-order valence-electron chi connectivity index (χ2n) is 2.65. The minimum Gasteiger partial charge on any atom is -0.495 e. The van der Waals surface area contributed by atoms with E-state index in [0.29, 0.717) is 16.2 Å². The Morgan fingerprint density at radius 3 is 2.57 bits per heavy atom. The minimum absolute atomic E-state index is 0.101. The van der Waals surface area contributed by atoms with Crippen LogP contribution in [0.4, 0.5) is 0 Å². The van der Waals surface area contributed by atoms with Crippen molar-refractivity contribution < 1.29 is 13.7 Å². The van der Waals surface area contributed by atoms with Crippen LogP contribution in [0.3, 0.4) is 0 Å². The molecule has 0 saturated carbocycles. The molecule has 0 aliphatic rings. The Bertz CT molecular complexity index is 390. The first-order valence-corrected chi connectivity index (χ1v) is 5.81. The lowest BCUT2D eigenvalue weighted by molar-refractivity contribution is 0.101. The smallest absolute Gasteiger partial charge is 0.159 e. The van der Waals surface area contributed by atoms with Crippen LogP contribution in [0.5, 0.6) is 5.75 Å². The van der Waals surface area contributed by atoms with Crippen molar-refractivity contribution >= 4 is 26.5 Å². The first kappa shape index (κ1) is 11.2. The molecule has 1 rings (SSSR count). The summed E-state index contributed by atoms with van der Waals surface area (Å²) >= 11 is 0. The lowest BCUT2D eigenvalue weighted by atomic mass is 10.1. The van der Waals surface area contributed by atoms with Crippen LogP contribution in [-0.2, 0) is 10.0 Å². The van der Waals surface area contributed by atoms with Gasteiger partial charge in [-0.1, -0.05) is 0 Å². The summed E-state index contributed by atoms with van der Waals surface area (Å²) in [5.74, 6) is 0.319. The first-order valence-electron chi connectivity index (χ1n) is 3.83. The first-order chi connectivity index (χ1) is 6.56. The average molecular weight is 233 g/mol. The Kier molecular flexibility index (Phi) is 3.66. The second kappa shape index (κ2) is 4.57. The Balaban J connectivity index is 3.27. The molecule has 0 radical (unpaired) electrons. The zero-order chi connectivity index (χ0) is 10.7. The van der Waals surface area contributed by atoms with Crippen molar-refractivity contribution in [3.05, 3.63) is 23.8 Å². The van der Waals surface area contributed by atoms with E-state index in [1.54, 1.807) is 12.1 Å². The van der Waals surface area contributed by atoms with Crippen molar-refractivity contribution in [3.8, 4) is 5.75 Å². The summed E-state index contributed by atoms with van der Waals surface area (Å²) < 4.78 is 16.0. The summed E-state index contributed by atoms with van der Waals surface area (Å²) in [6.45, 7) is 1.43. The van der Waals surface area contributed by atoms with Crippen LogP contribution in [0, 0.1) is 0 Å². The Morgan fingerprint density at radius 2 is 2.14 bits per heavy atom. The molecule has 1 aromatic rings. The number of hydrogen-bond donors (Lipinski definition) is 0. The van der Waals surface area contributed by atoms with Crippen LogP contribution in [0.15, 0.2) is 23.1 Å². The Hall–Kier alpha value is -0.870. The van der Waals surface area contributed by atoms with Gasteiger partial charge in [0.05, 0.1) is 12.0 Å². The highest BCUT2D eigenvalue weighted by Crippen LogP contribution is 2.25. The van der Waals surface area contributed by atoms with Crippen LogP contribution in [0.25, 0.3) is 0 Å². The molecule has 0 spiro atoms. The van der Waals surface area contributed by atoms with Gasteiger partial charge in [0.2, 0.25) is 0 Å². The number of carbonyl (C=O) groups excluding carboxylic acids is 1. The molecular weight excluding hydrogens is 224 g/mol. The summed E-state index contributed by atoms with van der Waals surface area (Å²) in [4.78, 5) is 11.4. The van der Waals surface area contributed by atoms with Gasteiger partial charge in [-0.05, 0) is 35.8 Å². The molecule has 0 aromatic heterocycles. The quantitative estimate of drug-likeness (QED) is 0.593. The number of ketones is 1. The number of methoxy groups -OCH3 is 1. The molecule has 3 nitrogen and oxygen atoms in total. The highest BCUT2D eigenvalue weighted by atomic mass is 35.7. The van der Waals surface area contributed by atoms with Gasteiger partial charge in [-0.3, -0.25) is 4.79 Å². The minimum atomic E-state index is -1.67. The molecule has 0 amide bonds. The van der Waals surface area contributed by atoms with Crippen LogP contribution in [0.2, 0.25) is 0 Å². The predicted octanol–water partition coefficient (Wildman–Crippen LogP) is 2.16. The molecule has 0 aliphatic carbocycles. The third-order valence-electron chi connectivity index (χ3n) is 1.74. The maximum atomic E-state index is 11.1. The summed E-state index contributed by atoms with van der Waals surface area (Å²) in [5, 5.41) is 0. The highest BCUT2D eigenvalue weighted by molar-refractivity contribution is 8.08. The number of hydrogen-bond acceptors (Lipinski definition) is 3. The van der Waals surface area contributed by atoms with Gasteiger partial charge in [-0.2, -0.15) is 0 Å². The molecule has 1 atom stereocenters. The van der Waals surface area contributed by atoms with E-state index in [9.17, 15) is 9.00 Å².